The highest BCUT2D eigenvalue weighted by molar-refractivity contribution is 5.99. The van der Waals surface area contributed by atoms with Crippen LogP contribution in [0.2, 0.25) is 0 Å². The van der Waals surface area contributed by atoms with Crippen LogP contribution in [0.4, 0.5) is 25.4 Å². The average molecular weight is 429 g/mol. The number of amides is 3. The number of nitrogens with zero attached hydrogens (tertiary/aromatic N) is 3. The molecule has 0 aliphatic carbocycles. The Bertz CT molecular complexity index is 922. The number of rotatable bonds is 5. The molecule has 1 aromatic carbocycles. The largest absolute Gasteiger partial charge is 0.450 e. The molecule has 9 heteroatoms. The van der Waals surface area contributed by atoms with Gasteiger partial charge in [0.1, 0.15) is 0 Å². The molecular weight excluding hydrogens is 401 g/mol. The Balaban J connectivity index is 1.60. The van der Waals surface area contributed by atoms with E-state index in [0.717, 1.165) is 5.69 Å². The summed E-state index contributed by atoms with van der Waals surface area (Å²) in [6, 6.07) is 7.85. The summed E-state index contributed by atoms with van der Waals surface area (Å²) >= 11 is 0. The van der Waals surface area contributed by atoms with Crippen molar-refractivity contribution >= 4 is 23.5 Å². The third-order valence-corrected chi connectivity index (χ3v) is 5.10. The van der Waals surface area contributed by atoms with E-state index in [9.17, 15) is 9.59 Å². The van der Waals surface area contributed by atoms with Gasteiger partial charge in [0.05, 0.1) is 24.2 Å². The molecule has 3 amide bonds. The van der Waals surface area contributed by atoms with Crippen LogP contribution in [0.15, 0.2) is 36.5 Å². The molecule has 31 heavy (non-hydrogen) atoms. The van der Waals surface area contributed by atoms with Gasteiger partial charge >= 0.3 is 12.1 Å². The molecule has 1 fully saturated rings. The maximum Gasteiger partial charge on any atom is 0.410 e. The highest BCUT2D eigenvalue weighted by Crippen LogP contribution is 2.22. The van der Waals surface area contributed by atoms with Crippen LogP contribution in [0.5, 0.6) is 0 Å². The molecule has 0 spiro atoms. The number of piperazine rings is 1. The van der Waals surface area contributed by atoms with Gasteiger partial charge in [-0.3, -0.25) is 9.88 Å². The molecule has 1 atom stereocenters. The van der Waals surface area contributed by atoms with Gasteiger partial charge in [-0.2, -0.15) is 0 Å². The number of aromatic nitrogens is 1. The van der Waals surface area contributed by atoms with Crippen LogP contribution in [0.25, 0.3) is 0 Å². The smallest absolute Gasteiger partial charge is 0.410 e. The molecule has 2 heterocycles. The average Bonchev–Trinajstić information content (AvgIpc) is 2.73. The van der Waals surface area contributed by atoms with Crippen molar-refractivity contribution in [2.45, 2.75) is 33.4 Å². The zero-order valence-corrected chi connectivity index (χ0v) is 18.0. The molecule has 0 bridgehead atoms. The molecule has 2 N–H and O–H groups in total. The Morgan fingerprint density at radius 3 is 2.71 bits per heavy atom. The van der Waals surface area contributed by atoms with Crippen molar-refractivity contribution in [1.82, 2.24) is 14.8 Å². The van der Waals surface area contributed by atoms with Gasteiger partial charge in [0, 0.05) is 43.5 Å². The van der Waals surface area contributed by atoms with E-state index in [1.807, 2.05) is 13.8 Å². The fourth-order valence-electron chi connectivity index (χ4n) is 3.52. The highest BCUT2D eigenvalue weighted by atomic mass is 19.1. The lowest BCUT2D eigenvalue weighted by Crippen LogP contribution is -2.53. The number of hydrogen-bond acceptors (Lipinski definition) is 5. The molecule has 166 valence electrons. The van der Waals surface area contributed by atoms with E-state index in [-0.39, 0.29) is 17.8 Å². The van der Waals surface area contributed by atoms with Crippen molar-refractivity contribution in [1.29, 1.82) is 0 Å². The minimum absolute atomic E-state index is 0.0361. The lowest BCUT2D eigenvalue weighted by atomic mass is 10.1. The van der Waals surface area contributed by atoms with Gasteiger partial charge in [0.25, 0.3) is 0 Å². The summed E-state index contributed by atoms with van der Waals surface area (Å²) in [5.41, 5.74) is 1.94. The molecule has 8 nitrogen and oxygen atoms in total. The third-order valence-electron chi connectivity index (χ3n) is 5.10. The summed E-state index contributed by atoms with van der Waals surface area (Å²) in [5.74, 6) is -0.472. The molecule has 1 aliphatic rings. The van der Waals surface area contributed by atoms with E-state index >= 15 is 4.39 Å². The van der Waals surface area contributed by atoms with Gasteiger partial charge < -0.3 is 20.3 Å². The molecule has 3 rings (SSSR count). The normalized spacial score (nSPS) is 16.6. The Morgan fingerprint density at radius 1 is 1.23 bits per heavy atom. The van der Waals surface area contributed by atoms with Crippen LogP contribution in [0.1, 0.15) is 25.1 Å². The van der Waals surface area contributed by atoms with Crippen molar-refractivity contribution in [3.63, 3.8) is 0 Å². The number of nitrogens with one attached hydrogen (secondary N) is 2. The maximum absolute atomic E-state index is 15.0. The summed E-state index contributed by atoms with van der Waals surface area (Å²) in [4.78, 5) is 32.1. The minimum atomic E-state index is -0.543. The van der Waals surface area contributed by atoms with Crippen molar-refractivity contribution in [2.24, 2.45) is 0 Å². The van der Waals surface area contributed by atoms with E-state index in [1.165, 1.54) is 6.07 Å². The van der Waals surface area contributed by atoms with E-state index < -0.39 is 11.8 Å². The number of carbonyl (C=O) groups excluding carboxylic acids is 2. The fraction of sp³-hybridized carbons (Fsp3) is 0.409. The lowest BCUT2D eigenvalue weighted by Gasteiger charge is -2.39. The zero-order valence-electron chi connectivity index (χ0n) is 18.0. The molecule has 0 unspecified atom stereocenters. The number of urea groups is 1. The number of pyridine rings is 1. The van der Waals surface area contributed by atoms with Crippen LogP contribution in [-0.4, -0.2) is 59.2 Å². The standard InChI is InChI=1S/C22H28FN5O3/c1-4-31-22(30)28-11-10-27(13-16(28)3)14-17-6-5-7-19(20(17)23)26-21(29)25-18-9-8-15(2)24-12-18/h5-9,12,16H,4,10-11,13-14H2,1-3H3,(H2,25,26,29)/t16-/m1/s1. The highest BCUT2D eigenvalue weighted by Gasteiger charge is 2.28. The topological polar surface area (TPSA) is 86.8 Å². The van der Waals surface area contributed by atoms with E-state index in [0.29, 0.717) is 44.0 Å². The number of carbonyl (C=O) groups is 2. The number of ether oxygens (including phenoxy) is 1. The quantitative estimate of drug-likeness (QED) is 0.754. The first kappa shape index (κ1) is 22.5. The summed E-state index contributed by atoms with van der Waals surface area (Å²) in [6.07, 6.45) is 1.22. The first-order valence-electron chi connectivity index (χ1n) is 10.3. The van der Waals surface area contributed by atoms with Gasteiger partial charge in [-0.1, -0.05) is 12.1 Å². The van der Waals surface area contributed by atoms with Crippen molar-refractivity contribution < 1.29 is 18.7 Å². The van der Waals surface area contributed by atoms with Gasteiger partial charge in [0.15, 0.2) is 5.82 Å². The van der Waals surface area contributed by atoms with Gasteiger partial charge in [-0.05, 0) is 39.0 Å². The Labute approximate surface area is 181 Å². The van der Waals surface area contributed by atoms with Crippen LogP contribution < -0.4 is 10.6 Å². The van der Waals surface area contributed by atoms with Crippen LogP contribution >= 0.6 is 0 Å². The van der Waals surface area contributed by atoms with E-state index in [2.05, 4.69) is 20.5 Å². The zero-order chi connectivity index (χ0) is 22.4. The molecule has 1 aliphatic heterocycles. The second-order valence-corrected chi connectivity index (χ2v) is 7.52. The Kier molecular flexibility index (Phi) is 7.41. The van der Waals surface area contributed by atoms with Crippen molar-refractivity contribution in [2.75, 3.05) is 36.9 Å². The second-order valence-electron chi connectivity index (χ2n) is 7.52. The monoisotopic (exact) mass is 429 g/mol. The van der Waals surface area contributed by atoms with E-state index in [1.54, 1.807) is 42.3 Å². The summed E-state index contributed by atoms with van der Waals surface area (Å²) in [5, 5.41) is 5.19. The number of anilines is 2. The lowest BCUT2D eigenvalue weighted by molar-refractivity contribution is 0.0516. The fourth-order valence-corrected chi connectivity index (χ4v) is 3.52. The van der Waals surface area contributed by atoms with Crippen molar-refractivity contribution in [3.8, 4) is 0 Å². The van der Waals surface area contributed by atoms with E-state index in [4.69, 9.17) is 4.74 Å². The molecular formula is C22H28FN5O3. The first-order chi connectivity index (χ1) is 14.9. The number of halogens is 1. The van der Waals surface area contributed by atoms with Crippen LogP contribution in [0.3, 0.4) is 0 Å². The van der Waals surface area contributed by atoms with Gasteiger partial charge in [0.2, 0.25) is 0 Å². The summed E-state index contributed by atoms with van der Waals surface area (Å²) in [6.45, 7) is 8.03. The van der Waals surface area contributed by atoms with Gasteiger partial charge in [-0.15, -0.1) is 0 Å². The number of hydrogen-bond donors (Lipinski definition) is 2. The summed E-state index contributed by atoms with van der Waals surface area (Å²) < 4.78 is 20.1. The molecule has 1 aromatic heterocycles. The molecule has 0 saturated carbocycles. The number of aryl methyl sites for hydroxylation is 1. The molecule has 1 saturated heterocycles. The SMILES string of the molecule is CCOC(=O)N1CCN(Cc2cccc(NC(=O)Nc3ccc(C)nc3)c2F)C[C@H]1C. The predicted octanol–water partition coefficient (Wildman–Crippen LogP) is 3.84. The first-order valence-corrected chi connectivity index (χ1v) is 10.3. The Hall–Kier alpha value is -3.20. The Morgan fingerprint density at radius 2 is 2.03 bits per heavy atom. The third kappa shape index (κ3) is 5.91. The predicted molar refractivity (Wildman–Crippen MR) is 116 cm³/mol. The number of benzene rings is 1. The van der Waals surface area contributed by atoms with Crippen molar-refractivity contribution in [3.05, 3.63) is 53.6 Å². The van der Waals surface area contributed by atoms with Crippen LogP contribution in [0, 0.1) is 12.7 Å². The second kappa shape index (κ2) is 10.2. The molecule has 2 aromatic rings. The molecule has 0 radical (unpaired) electrons. The van der Waals surface area contributed by atoms with Gasteiger partial charge in [-0.25, -0.2) is 14.0 Å². The van der Waals surface area contributed by atoms with Crippen LogP contribution in [-0.2, 0) is 11.3 Å². The maximum atomic E-state index is 15.0. The summed E-state index contributed by atoms with van der Waals surface area (Å²) in [7, 11) is 0. The minimum Gasteiger partial charge on any atom is -0.450 e.